The minimum absolute atomic E-state index is 0.518. The van der Waals surface area contributed by atoms with Crippen molar-refractivity contribution in [1.82, 2.24) is 29.7 Å². The number of nitrogens with zero attached hydrogens (tertiary/aromatic N) is 6. The van der Waals surface area contributed by atoms with Crippen molar-refractivity contribution in [2.75, 3.05) is 7.11 Å². The summed E-state index contributed by atoms with van der Waals surface area (Å²) in [5.74, 6) is 1.28. The normalized spacial score (nSPS) is 10.6. The topological polar surface area (TPSA) is 78.6 Å². The highest BCUT2D eigenvalue weighted by molar-refractivity contribution is 7.99. The summed E-state index contributed by atoms with van der Waals surface area (Å²) in [5.41, 5.74) is 0.957. The molecule has 3 aromatic heterocycles. The van der Waals surface area contributed by atoms with Crippen LogP contribution >= 0.6 is 11.8 Å². The highest BCUT2D eigenvalue weighted by Gasteiger charge is 2.13. The highest BCUT2D eigenvalue weighted by Crippen LogP contribution is 2.26. The van der Waals surface area contributed by atoms with Crippen molar-refractivity contribution >= 4 is 11.8 Å². The van der Waals surface area contributed by atoms with Crippen LogP contribution in [0.4, 0.5) is 0 Å². The molecular weight excluding hydrogens is 288 g/mol. The van der Waals surface area contributed by atoms with Crippen molar-refractivity contribution in [3.8, 4) is 17.3 Å². The summed E-state index contributed by atoms with van der Waals surface area (Å²) in [4.78, 5) is 12.4. The summed E-state index contributed by atoms with van der Waals surface area (Å²) in [7, 11) is 3.47. The van der Waals surface area contributed by atoms with Crippen LogP contribution in [0.3, 0.4) is 0 Å². The molecule has 0 aromatic carbocycles. The van der Waals surface area contributed by atoms with E-state index in [0.29, 0.717) is 16.2 Å². The van der Waals surface area contributed by atoms with Crippen LogP contribution in [0.25, 0.3) is 11.4 Å². The van der Waals surface area contributed by atoms with Gasteiger partial charge in [-0.05, 0) is 23.9 Å². The average molecular weight is 300 g/mol. The molecule has 0 spiro atoms. The lowest BCUT2D eigenvalue weighted by atomic mass is 10.2. The second kappa shape index (κ2) is 5.88. The molecule has 0 saturated carbocycles. The minimum atomic E-state index is 0.518. The number of hydrogen-bond donors (Lipinski definition) is 0. The first kappa shape index (κ1) is 13.5. The molecule has 0 amide bonds. The van der Waals surface area contributed by atoms with Gasteiger partial charge in [-0.3, -0.25) is 4.98 Å². The van der Waals surface area contributed by atoms with Crippen LogP contribution in [0.15, 0.2) is 47.1 Å². The first-order valence-electron chi connectivity index (χ1n) is 6.12. The maximum Gasteiger partial charge on any atom is 0.217 e. The Morgan fingerprint density at radius 1 is 1.10 bits per heavy atom. The van der Waals surface area contributed by atoms with E-state index in [1.54, 1.807) is 31.8 Å². The van der Waals surface area contributed by atoms with E-state index in [4.69, 9.17) is 4.74 Å². The van der Waals surface area contributed by atoms with E-state index < -0.39 is 0 Å². The van der Waals surface area contributed by atoms with Gasteiger partial charge in [-0.1, -0.05) is 0 Å². The summed E-state index contributed by atoms with van der Waals surface area (Å²) in [6.07, 6.45) is 5.10. The Morgan fingerprint density at radius 3 is 2.67 bits per heavy atom. The third-order valence-corrected chi connectivity index (χ3v) is 3.69. The van der Waals surface area contributed by atoms with E-state index in [1.165, 1.54) is 11.8 Å². The molecule has 0 saturated heterocycles. The second-order valence-electron chi connectivity index (χ2n) is 4.08. The lowest BCUT2D eigenvalue weighted by molar-refractivity contribution is 0.392. The molecular formula is C13H12N6OS. The van der Waals surface area contributed by atoms with Gasteiger partial charge >= 0.3 is 0 Å². The summed E-state index contributed by atoms with van der Waals surface area (Å²) < 4.78 is 6.97. The number of pyridine rings is 1. The first-order valence-corrected chi connectivity index (χ1v) is 6.94. The maximum atomic E-state index is 5.08. The Morgan fingerprint density at radius 2 is 1.90 bits per heavy atom. The zero-order valence-electron chi connectivity index (χ0n) is 11.5. The summed E-state index contributed by atoms with van der Waals surface area (Å²) in [6.45, 7) is 0. The molecule has 0 aliphatic rings. The first-order chi connectivity index (χ1) is 10.3. The number of rotatable bonds is 4. The molecule has 0 unspecified atom stereocenters. The molecule has 106 valence electrons. The van der Waals surface area contributed by atoms with Crippen LogP contribution in [0.1, 0.15) is 0 Å². The zero-order chi connectivity index (χ0) is 14.7. The third-order valence-electron chi connectivity index (χ3n) is 2.77. The van der Waals surface area contributed by atoms with Crippen molar-refractivity contribution in [2.24, 2.45) is 7.05 Å². The third kappa shape index (κ3) is 2.84. The molecule has 0 aliphatic carbocycles. The fourth-order valence-corrected chi connectivity index (χ4v) is 2.44. The fraction of sp³-hybridized carbons (Fsp3) is 0.154. The van der Waals surface area contributed by atoms with Crippen LogP contribution in [-0.2, 0) is 7.05 Å². The van der Waals surface area contributed by atoms with E-state index in [1.807, 2.05) is 23.7 Å². The summed E-state index contributed by atoms with van der Waals surface area (Å²) in [5, 5.41) is 9.64. The smallest absolute Gasteiger partial charge is 0.217 e. The van der Waals surface area contributed by atoms with E-state index in [2.05, 4.69) is 25.1 Å². The lowest BCUT2D eigenvalue weighted by Crippen LogP contribution is -1.96. The lowest BCUT2D eigenvalue weighted by Gasteiger charge is -2.03. The Labute approximate surface area is 125 Å². The van der Waals surface area contributed by atoms with Crippen LogP contribution in [0.2, 0.25) is 0 Å². The van der Waals surface area contributed by atoms with Gasteiger partial charge in [0.05, 0.1) is 7.11 Å². The largest absolute Gasteiger partial charge is 0.481 e. The minimum Gasteiger partial charge on any atom is -0.481 e. The molecule has 3 aromatic rings. The predicted octanol–water partition coefficient (Wildman–Crippen LogP) is 1.83. The van der Waals surface area contributed by atoms with Crippen LogP contribution < -0.4 is 4.74 Å². The molecule has 0 N–H and O–H groups in total. The number of aromatic nitrogens is 6. The van der Waals surface area contributed by atoms with Gasteiger partial charge in [-0.15, -0.1) is 10.2 Å². The summed E-state index contributed by atoms with van der Waals surface area (Å²) in [6, 6.07) is 5.48. The van der Waals surface area contributed by atoms with Gasteiger partial charge in [0.2, 0.25) is 5.88 Å². The molecule has 7 nitrogen and oxygen atoms in total. The summed E-state index contributed by atoms with van der Waals surface area (Å²) >= 11 is 1.33. The molecule has 3 heterocycles. The molecule has 21 heavy (non-hydrogen) atoms. The van der Waals surface area contributed by atoms with Gasteiger partial charge in [0.1, 0.15) is 0 Å². The van der Waals surface area contributed by atoms with Gasteiger partial charge in [0.25, 0.3) is 0 Å². The van der Waals surface area contributed by atoms with Crippen molar-refractivity contribution < 1.29 is 4.74 Å². The molecule has 0 atom stereocenters. The van der Waals surface area contributed by atoms with Gasteiger partial charge in [-0.2, -0.15) is 4.98 Å². The Balaban J connectivity index is 1.89. The highest BCUT2D eigenvalue weighted by atomic mass is 32.2. The molecule has 3 rings (SSSR count). The molecule has 0 fully saturated rings. The number of ether oxygens (including phenoxy) is 1. The van der Waals surface area contributed by atoms with E-state index >= 15 is 0 Å². The van der Waals surface area contributed by atoms with E-state index in [9.17, 15) is 0 Å². The fourth-order valence-electron chi connectivity index (χ4n) is 1.73. The van der Waals surface area contributed by atoms with Gasteiger partial charge < -0.3 is 9.30 Å². The van der Waals surface area contributed by atoms with E-state index in [-0.39, 0.29) is 0 Å². The maximum absolute atomic E-state index is 5.08. The molecule has 8 heteroatoms. The van der Waals surface area contributed by atoms with Gasteiger partial charge in [0.15, 0.2) is 16.1 Å². The Kier molecular flexibility index (Phi) is 3.78. The second-order valence-corrected chi connectivity index (χ2v) is 5.02. The van der Waals surface area contributed by atoms with Crippen molar-refractivity contribution in [3.63, 3.8) is 0 Å². The predicted molar refractivity (Wildman–Crippen MR) is 76.9 cm³/mol. The van der Waals surface area contributed by atoms with Crippen molar-refractivity contribution in [3.05, 3.63) is 36.8 Å². The quantitative estimate of drug-likeness (QED) is 0.680. The zero-order valence-corrected chi connectivity index (χ0v) is 12.3. The molecule has 0 bridgehead atoms. The monoisotopic (exact) mass is 300 g/mol. The van der Waals surface area contributed by atoms with Gasteiger partial charge in [0, 0.05) is 37.3 Å². The van der Waals surface area contributed by atoms with Crippen molar-refractivity contribution in [2.45, 2.75) is 10.3 Å². The molecule has 0 aliphatic heterocycles. The van der Waals surface area contributed by atoms with Crippen LogP contribution in [0, 0.1) is 0 Å². The number of methoxy groups -OCH3 is 1. The van der Waals surface area contributed by atoms with E-state index in [0.717, 1.165) is 11.4 Å². The van der Waals surface area contributed by atoms with Gasteiger partial charge in [-0.25, -0.2) is 4.98 Å². The molecule has 0 radical (unpaired) electrons. The SMILES string of the molecule is COc1ccnc(Sc2nnc(-c3ccncc3)n2C)n1. The standard InChI is InChI=1S/C13H12N6OS/c1-19-11(9-3-6-14-7-4-9)17-18-13(19)21-12-15-8-5-10(16-12)20-2/h3-8H,1-2H3. The Hall–Kier alpha value is -2.48. The average Bonchev–Trinajstić information content (AvgIpc) is 2.89. The van der Waals surface area contributed by atoms with Crippen molar-refractivity contribution in [1.29, 1.82) is 0 Å². The van der Waals surface area contributed by atoms with Crippen LogP contribution in [0.5, 0.6) is 5.88 Å². The Bertz CT molecular complexity index is 745. The van der Waals surface area contributed by atoms with Crippen LogP contribution in [-0.4, -0.2) is 36.8 Å². The number of hydrogen-bond acceptors (Lipinski definition) is 7.